The zero-order valence-corrected chi connectivity index (χ0v) is 12.3. The van der Waals surface area contributed by atoms with E-state index in [9.17, 15) is 5.11 Å². The number of aliphatic hydroxyl groups is 1. The van der Waals surface area contributed by atoms with Crippen molar-refractivity contribution in [1.82, 2.24) is 4.90 Å². The zero-order valence-electron chi connectivity index (χ0n) is 12.3. The van der Waals surface area contributed by atoms with E-state index in [1.165, 1.54) is 51.4 Å². The molecule has 0 spiro atoms. The molecule has 0 heterocycles. The second kappa shape index (κ2) is 6.91. The van der Waals surface area contributed by atoms with Gasteiger partial charge in [-0.1, -0.05) is 33.1 Å². The van der Waals surface area contributed by atoms with Crippen LogP contribution in [0.3, 0.4) is 0 Å². The lowest BCUT2D eigenvalue weighted by Gasteiger charge is -2.44. The first-order valence-corrected chi connectivity index (χ1v) is 8.07. The van der Waals surface area contributed by atoms with Crippen LogP contribution in [0.1, 0.15) is 65.2 Å². The highest BCUT2D eigenvalue weighted by atomic mass is 16.3. The Morgan fingerprint density at radius 3 is 2.06 bits per heavy atom. The average molecular weight is 253 g/mol. The van der Waals surface area contributed by atoms with Crippen molar-refractivity contribution in [1.29, 1.82) is 0 Å². The summed E-state index contributed by atoms with van der Waals surface area (Å²) in [6.45, 7) is 6.03. The van der Waals surface area contributed by atoms with Gasteiger partial charge in [-0.05, 0) is 43.9 Å². The van der Waals surface area contributed by atoms with Gasteiger partial charge in [-0.2, -0.15) is 0 Å². The Hall–Kier alpha value is -0.0800. The van der Waals surface area contributed by atoms with Gasteiger partial charge in [-0.15, -0.1) is 0 Å². The van der Waals surface area contributed by atoms with E-state index in [1.807, 2.05) is 0 Å². The van der Waals surface area contributed by atoms with Crippen molar-refractivity contribution in [3.8, 4) is 0 Å². The Labute approximate surface area is 113 Å². The van der Waals surface area contributed by atoms with Crippen molar-refractivity contribution in [2.45, 2.75) is 77.3 Å². The summed E-state index contributed by atoms with van der Waals surface area (Å²) in [5, 5.41) is 9.39. The molecule has 1 N–H and O–H groups in total. The topological polar surface area (TPSA) is 23.5 Å². The van der Waals surface area contributed by atoms with Gasteiger partial charge in [-0.3, -0.25) is 4.90 Å². The molecular formula is C16H31NO. The molecule has 2 nitrogen and oxygen atoms in total. The molecule has 2 fully saturated rings. The largest absolute Gasteiger partial charge is 0.395 e. The Morgan fingerprint density at radius 2 is 1.50 bits per heavy atom. The second-order valence-corrected chi connectivity index (χ2v) is 6.82. The molecule has 0 aliphatic heterocycles. The minimum absolute atomic E-state index is 0.329. The third kappa shape index (κ3) is 3.71. The molecule has 18 heavy (non-hydrogen) atoms. The molecule has 2 heteroatoms. The van der Waals surface area contributed by atoms with Crippen LogP contribution in [0.5, 0.6) is 0 Å². The smallest absolute Gasteiger partial charge is 0.0558 e. The molecule has 2 saturated carbocycles. The van der Waals surface area contributed by atoms with E-state index in [4.69, 9.17) is 0 Å². The van der Waals surface area contributed by atoms with Crippen LogP contribution < -0.4 is 0 Å². The van der Waals surface area contributed by atoms with Crippen molar-refractivity contribution in [2.24, 2.45) is 11.8 Å². The molecule has 0 amide bonds. The van der Waals surface area contributed by atoms with Crippen LogP contribution in [0.4, 0.5) is 0 Å². The predicted molar refractivity (Wildman–Crippen MR) is 76.6 cm³/mol. The van der Waals surface area contributed by atoms with Crippen LogP contribution in [0.25, 0.3) is 0 Å². The minimum atomic E-state index is 0.329. The van der Waals surface area contributed by atoms with E-state index >= 15 is 0 Å². The fraction of sp³-hybridized carbons (Fsp3) is 1.00. The van der Waals surface area contributed by atoms with Gasteiger partial charge in [-0.25, -0.2) is 0 Å². The zero-order chi connectivity index (χ0) is 13.0. The van der Waals surface area contributed by atoms with E-state index in [0.29, 0.717) is 6.61 Å². The highest BCUT2D eigenvalue weighted by molar-refractivity contribution is 4.86. The third-order valence-corrected chi connectivity index (χ3v) is 5.02. The van der Waals surface area contributed by atoms with Crippen LogP contribution in [-0.2, 0) is 0 Å². The summed E-state index contributed by atoms with van der Waals surface area (Å²) in [7, 11) is 0. The van der Waals surface area contributed by atoms with Crippen LogP contribution >= 0.6 is 0 Å². The first-order chi connectivity index (χ1) is 8.70. The summed E-state index contributed by atoms with van der Waals surface area (Å²) in [5.41, 5.74) is 0. The van der Waals surface area contributed by atoms with Gasteiger partial charge in [0.25, 0.3) is 0 Å². The maximum atomic E-state index is 9.39. The molecule has 0 bridgehead atoms. The molecule has 0 aromatic rings. The van der Waals surface area contributed by atoms with Crippen molar-refractivity contribution in [3.05, 3.63) is 0 Å². The lowest BCUT2D eigenvalue weighted by Crippen LogP contribution is -2.48. The molecule has 2 atom stereocenters. The Kier molecular flexibility index (Phi) is 5.50. The fourth-order valence-corrected chi connectivity index (χ4v) is 4.37. The van der Waals surface area contributed by atoms with Crippen molar-refractivity contribution in [2.75, 3.05) is 13.2 Å². The molecule has 2 aliphatic carbocycles. The van der Waals surface area contributed by atoms with E-state index < -0.39 is 0 Å². The average Bonchev–Trinajstić information content (AvgIpc) is 2.36. The Balaban J connectivity index is 1.98. The summed E-state index contributed by atoms with van der Waals surface area (Å²) in [6.07, 6.45) is 11.0. The minimum Gasteiger partial charge on any atom is -0.395 e. The number of hydrogen-bond acceptors (Lipinski definition) is 2. The lowest BCUT2D eigenvalue weighted by molar-refractivity contribution is 0.0396. The number of nitrogens with zero attached hydrogens (tertiary/aromatic N) is 1. The molecule has 0 saturated heterocycles. The van der Waals surface area contributed by atoms with E-state index in [1.54, 1.807) is 0 Å². The molecule has 2 unspecified atom stereocenters. The molecule has 106 valence electrons. The van der Waals surface area contributed by atoms with Gasteiger partial charge in [0.2, 0.25) is 0 Å². The Bertz CT molecular complexity index is 227. The van der Waals surface area contributed by atoms with Gasteiger partial charge in [0.15, 0.2) is 0 Å². The van der Waals surface area contributed by atoms with Crippen LogP contribution in [0.15, 0.2) is 0 Å². The van der Waals surface area contributed by atoms with E-state index in [2.05, 4.69) is 18.7 Å². The standard InChI is InChI=1S/C16H31NO/c1-13-10-14(2)12-16(11-13)17(8-9-18)15-6-4-3-5-7-15/h13-16,18H,3-12H2,1-2H3. The maximum absolute atomic E-state index is 9.39. The van der Waals surface area contributed by atoms with Gasteiger partial charge >= 0.3 is 0 Å². The summed E-state index contributed by atoms with van der Waals surface area (Å²) in [4.78, 5) is 2.67. The predicted octanol–water partition coefficient (Wildman–Crippen LogP) is 3.44. The van der Waals surface area contributed by atoms with Crippen LogP contribution in [0, 0.1) is 11.8 Å². The van der Waals surface area contributed by atoms with Crippen molar-refractivity contribution in [3.63, 3.8) is 0 Å². The van der Waals surface area contributed by atoms with E-state index in [0.717, 1.165) is 30.5 Å². The molecular weight excluding hydrogens is 222 g/mol. The molecule has 0 aromatic heterocycles. The molecule has 2 rings (SSSR count). The number of hydrogen-bond donors (Lipinski definition) is 1. The SMILES string of the molecule is CC1CC(C)CC(N(CCO)C2CCCCC2)C1. The molecule has 2 aliphatic rings. The lowest BCUT2D eigenvalue weighted by atomic mass is 9.78. The Morgan fingerprint density at radius 1 is 0.889 bits per heavy atom. The molecule has 0 radical (unpaired) electrons. The highest BCUT2D eigenvalue weighted by Gasteiger charge is 2.32. The normalized spacial score (nSPS) is 35.0. The maximum Gasteiger partial charge on any atom is 0.0558 e. The van der Waals surface area contributed by atoms with Gasteiger partial charge < -0.3 is 5.11 Å². The van der Waals surface area contributed by atoms with E-state index in [-0.39, 0.29) is 0 Å². The van der Waals surface area contributed by atoms with Gasteiger partial charge in [0.05, 0.1) is 6.61 Å². The first kappa shape index (κ1) is 14.3. The van der Waals surface area contributed by atoms with Gasteiger partial charge in [0.1, 0.15) is 0 Å². The van der Waals surface area contributed by atoms with Crippen molar-refractivity contribution < 1.29 is 5.11 Å². The summed E-state index contributed by atoms with van der Waals surface area (Å²) in [6, 6.07) is 1.49. The van der Waals surface area contributed by atoms with Crippen molar-refractivity contribution >= 4 is 0 Å². The highest BCUT2D eigenvalue weighted by Crippen LogP contribution is 2.34. The van der Waals surface area contributed by atoms with Crippen LogP contribution in [-0.4, -0.2) is 35.2 Å². The third-order valence-electron chi connectivity index (χ3n) is 5.02. The quantitative estimate of drug-likeness (QED) is 0.829. The summed E-state index contributed by atoms with van der Waals surface area (Å²) in [5.74, 6) is 1.73. The number of aliphatic hydroxyl groups excluding tert-OH is 1. The monoisotopic (exact) mass is 253 g/mol. The first-order valence-electron chi connectivity index (χ1n) is 8.07. The summed E-state index contributed by atoms with van der Waals surface area (Å²) >= 11 is 0. The summed E-state index contributed by atoms with van der Waals surface area (Å²) < 4.78 is 0. The van der Waals surface area contributed by atoms with Crippen LogP contribution in [0.2, 0.25) is 0 Å². The fourth-order valence-electron chi connectivity index (χ4n) is 4.37. The second-order valence-electron chi connectivity index (χ2n) is 6.82. The number of rotatable bonds is 4. The van der Waals surface area contributed by atoms with Gasteiger partial charge in [0, 0.05) is 18.6 Å². The molecule has 0 aromatic carbocycles.